The molecule has 0 bridgehead atoms. The van der Waals surface area contributed by atoms with Crippen LogP contribution in [0.4, 0.5) is 16.3 Å². The Labute approximate surface area is 118 Å². The summed E-state index contributed by atoms with van der Waals surface area (Å²) in [6.45, 7) is 0.568. The van der Waals surface area contributed by atoms with Crippen molar-refractivity contribution in [3.8, 4) is 0 Å². The molecule has 0 aromatic carbocycles. The summed E-state index contributed by atoms with van der Waals surface area (Å²) in [5, 5.41) is 19.5. The van der Waals surface area contributed by atoms with Crippen molar-refractivity contribution >= 4 is 34.8 Å². The molecule has 0 radical (unpaired) electrons. The molecule has 2 rings (SSSR count). The van der Waals surface area contributed by atoms with Gasteiger partial charge in [0.05, 0.1) is 10.6 Å². The Morgan fingerprint density at radius 1 is 1.60 bits per heavy atom. The molecule has 8 nitrogen and oxygen atoms in total. The number of nitrogens with two attached hydrogens (primary N) is 1. The molecule has 0 atom stereocenters. The van der Waals surface area contributed by atoms with E-state index in [2.05, 4.69) is 4.98 Å². The van der Waals surface area contributed by atoms with Gasteiger partial charge < -0.3 is 15.7 Å². The molecule has 0 saturated carbocycles. The number of nitrogen functional groups attached to an aromatic ring is 1. The SMILES string of the molecule is Nc1nc(C2=CCN(C(=O)O)CC2)cc(Cl)c1[N+](=O)[O-]. The number of carbonyl (C=O) groups is 1. The van der Waals surface area contributed by atoms with E-state index >= 15 is 0 Å². The van der Waals surface area contributed by atoms with Gasteiger partial charge >= 0.3 is 11.8 Å². The minimum atomic E-state index is -0.991. The Morgan fingerprint density at radius 2 is 2.30 bits per heavy atom. The summed E-state index contributed by atoms with van der Waals surface area (Å²) < 4.78 is 0. The second kappa shape index (κ2) is 5.33. The summed E-state index contributed by atoms with van der Waals surface area (Å²) >= 11 is 5.83. The van der Waals surface area contributed by atoms with Crippen molar-refractivity contribution in [3.63, 3.8) is 0 Å². The second-order valence-electron chi connectivity index (χ2n) is 4.19. The lowest BCUT2D eigenvalue weighted by molar-refractivity contribution is -0.384. The lowest BCUT2D eigenvalue weighted by Crippen LogP contribution is -2.33. The molecule has 1 aromatic rings. The van der Waals surface area contributed by atoms with Crippen LogP contribution in [0.25, 0.3) is 5.57 Å². The van der Waals surface area contributed by atoms with Crippen molar-refractivity contribution in [1.29, 1.82) is 0 Å². The topological polar surface area (TPSA) is 123 Å². The molecule has 0 aliphatic carbocycles. The molecule has 2 heterocycles. The van der Waals surface area contributed by atoms with Crippen LogP contribution in [0.2, 0.25) is 5.02 Å². The van der Waals surface area contributed by atoms with E-state index in [1.807, 2.05) is 0 Å². The van der Waals surface area contributed by atoms with Gasteiger partial charge in [-0.2, -0.15) is 0 Å². The molecule has 1 aliphatic heterocycles. The highest BCUT2D eigenvalue weighted by molar-refractivity contribution is 6.33. The Hall–Kier alpha value is -2.35. The molecule has 9 heteroatoms. The molecule has 1 amide bonds. The molecule has 1 aliphatic rings. The maximum absolute atomic E-state index is 10.8. The van der Waals surface area contributed by atoms with Crippen LogP contribution in [0, 0.1) is 10.1 Å². The number of nitrogens with zero attached hydrogens (tertiary/aromatic N) is 3. The maximum atomic E-state index is 10.8. The summed E-state index contributed by atoms with van der Waals surface area (Å²) in [6.07, 6.45) is 1.16. The third kappa shape index (κ3) is 2.64. The van der Waals surface area contributed by atoms with E-state index in [0.29, 0.717) is 18.7 Å². The van der Waals surface area contributed by atoms with Crippen LogP contribution in [0.5, 0.6) is 0 Å². The molecule has 0 saturated heterocycles. The first-order valence-electron chi connectivity index (χ1n) is 5.68. The lowest BCUT2D eigenvalue weighted by atomic mass is 10.0. The molecule has 1 aromatic heterocycles. The molecular formula is C11H11ClN4O4. The number of carboxylic acid groups (broad SMARTS) is 1. The minimum Gasteiger partial charge on any atom is -0.465 e. The lowest BCUT2D eigenvalue weighted by Gasteiger charge is -2.23. The fourth-order valence-electron chi connectivity index (χ4n) is 1.95. The molecule has 20 heavy (non-hydrogen) atoms. The molecule has 0 fully saturated rings. The smallest absolute Gasteiger partial charge is 0.407 e. The Kier molecular flexibility index (Phi) is 3.75. The Balaban J connectivity index is 2.32. The highest BCUT2D eigenvalue weighted by Crippen LogP contribution is 2.33. The van der Waals surface area contributed by atoms with E-state index in [4.69, 9.17) is 22.4 Å². The standard InChI is InChI=1S/C11H11ClN4O4/c12-7-5-8(14-10(13)9(7)16(19)20)6-1-3-15(4-2-6)11(17)18/h1,5H,2-4H2,(H2,13,14)(H,17,18). The highest BCUT2D eigenvalue weighted by Gasteiger charge is 2.23. The summed E-state index contributed by atoms with van der Waals surface area (Å²) in [7, 11) is 0. The van der Waals surface area contributed by atoms with Crippen LogP contribution in [0.15, 0.2) is 12.1 Å². The predicted molar refractivity (Wildman–Crippen MR) is 72.5 cm³/mol. The quantitative estimate of drug-likeness (QED) is 0.636. The highest BCUT2D eigenvalue weighted by atomic mass is 35.5. The van der Waals surface area contributed by atoms with Crippen LogP contribution < -0.4 is 5.73 Å². The maximum Gasteiger partial charge on any atom is 0.407 e. The monoisotopic (exact) mass is 298 g/mol. The van der Waals surface area contributed by atoms with Crippen molar-refractivity contribution in [3.05, 3.63) is 33.0 Å². The van der Waals surface area contributed by atoms with Gasteiger partial charge in [0.25, 0.3) is 0 Å². The van der Waals surface area contributed by atoms with Crippen LogP contribution in [0.3, 0.4) is 0 Å². The number of halogens is 1. The molecule has 0 spiro atoms. The first-order valence-corrected chi connectivity index (χ1v) is 6.05. The first kappa shape index (κ1) is 14.1. The largest absolute Gasteiger partial charge is 0.465 e. The first-order chi connectivity index (χ1) is 9.40. The normalized spacial score (nSPS) is 14.8. The van der Waals surface area contributed by atoms with Crippen LogP contribution in [-0.4, -0.2) is 39.1 Å². The van der Waals surface area contributed by atoms with Gasteiger partial charge in [0.2, 0.25) is 5.82 Å². The number of hydrogen-bond acceptors (Lipinski definition) is 5. The molecular weight excluding hydrogens is 288 g/mol. The third-order valence-corrected chi connectivity index (χ3v) is 3.25. The number of pyridine rings is 1. The van der Waals surface area contributed by atoms with E-state index in [0.717, 1.165) is 5.57 Å². The van der Waals surface area contributed by atoms with Gasteiger partial charge in [0.15, 0.2) is 0 Å². The number of amides is 1. The zero-order chi connectivity index (χ0) is 14.9. The van der Waals surface area contributed by atoms with E-state index in [1.165, 1.54) is 11.0 Å². The Bertz CT molecular complexity index is 593. The van der Waals surface area contributed by atoms with E-state index in [1.54, 1.807) is 6.08 Å². The second-order valence-corrected chi connectivity index (χ2v) is 4.60. The summed E-state index contributed by atoms with van der Waals surface area (Å²) in [5.41, 5.74) is 6.32. The van der Waals surface area contributed by atoms with Crippen molar-refractivity contribution in [2.75, 3.05) is 18.8 Å². The Morgan fingerprint density at radius 3 is 2.75 bits per heavy atom. The van der Waals surface area contributed by atoms with Crippen molar-refractivity contribution in [1.82, 2.24) is 9.88 Å². The van der Waals surface area contributed by atoms with Crippen molar-refractivity contribution < 1.29 is 14.8 Å². The van der Waals surface area contributed by atoms with Gasteiger partial charge in [-0.3, -0.25) is 10.1 Å². The van der Waals surface area contributed by atoms with E-state index in [9.17, 15) is 14.9 Å². The number of rotatable bonds is 2. The van der Waals surface area contributed by atoms with Gasteiger partial charge in [0.1, 0.15) is 5.02 Å². The summed E-state index contributed by atoms with van der Waals surface area (Å²) in [4.78, 5) is 26.1. The summed E-state index contributed by atoms with van der Waals surface area (Å²) in [5.74, 6) is -0.251. The zero-order valence-electron chi connectivity index (χ0n) is 10.2. The van der Waals surface area contributed by atoms with Gasteiger partial charge in [0, 0.05) is 13.1 Å². The van der Waals surface area contributed by atoms with Crippen LogP contribution in [0.1, 0.15) is 12.1 Å². The zero-order valence-corrected chi connectivity index (χ0v) is 11.0. The van der Waals surface area contributed by atoms with E-state index in [-0.39, 0.29) is 17.4 Å². The van der Waals surface area contributed by atoms with Crippen molar-refractivity contribution in [2.45, 2.75) is 6.42 Å². The summed E-state index contributed by atoms with van der Waals surface area (Å²) in [6, 6.07) is 1.37. The van der Waals surface area contributed by atoms with Crippen LogP contribution >= 0.6 is 11.6 Å². The fraction of sp³-hybridized carbons (Fsp3) is 0.273. The van der Waals surface area contributed by atoms with Gasteiger partial charge in [-0.1, -0.05) is 17.7 Å². The van der Waals surface area contributed by atoms with Gasteiger partial charge in [-0.25, -0.2) is 9.78 Å². The average molecular weight is 299 g/mol. The predicted octanol–water partition coefficient (Wildman–Crippen LogP) is 1.99. The average Bonchev–Trinajstić information content (AvgIpc) is 2.37. The van der Waals surface area contributed by atoms with E-state index < -0.39 is 16.7 Å². The molecule has 106 valence electrons. The molecule has 0 unspecified atom stereocenters. The van der Waals surface area contributed by atoms with Gasteiger partial charge in [-0.15, -0.1) is 0 Å². The number of nitro groups is 1. The van der Waals surface area contributed by atoms with Crippen molar-refractivity contribution in [2.24, 2.45) is 0 Å². The minimum absolute atomic E-state index is 0.0842. The fourth-order valence-corrected chi connectivity index (χ4v) is 2.22. The van der Waals surface area contributed by atoms with Crippen LogP contribution in [-0.2, 0) is 0 Å². The number of hydrogen-bond donors (Lipinski definition) is 2. The third-order valence-electron chi connectivity index (χ3n) is 2.96. The molecule has 3 N–H and O–H groups in total. The number of aromatic nitrogens is 1. The number of anilines is 1. The van der Waals surface area contributed by atoms with Gasteiger partial charge in [-0.05, 0) is 18.1 Å².